The molecule has 0 saturated heterocycles. The van der Waals surface area contributed by atoms with Gasteiger partial charge in [0.15, 0.2) is 5.96 Å². The Hall–Kier alpha value is -0.730. The number of nitrogens with zero attached hydrogens (tertiary/aromatic N) is 1. The summed E-state index contributed by atoms with van der Waals surface area (Å²) in [6, 6.07) is 0. The van der Waals surface area contributed by atoms with Gasteiger partial charge in [0.1, 0.15) is 0 Å². The van der Waals surface area contributed by atoms with E-state index in [1.165, 1.54) is 25.7 Å². The lowest BCUT2D eigenvalue weighted by Gasteiger charge is -2.16. The summed E-state index contributed by atoms with van der Waals surface area (Å²) < 4.78 is 0. The van der Waals surface area contributed by atoms with Crippen molar-refractivity contribution in [3.8, 4) is 0 Å². The van der Waals surface area contributed by atoms with E-state index >= 15 is 0 Å². The van der Waals surface area contributed by atoms with Gasteiger partial charge in [0, 0.05) is 20.1 Å². The van der Waals surface area contributed by atoms with Crippen molar-refractivity contribution in [3.63, 3.8) is 0 Å². The lowest BCUT2D eigenvalue weighted by Crippen LogP contribution is -2.40. The van der Waals surface area contributed by atoms with Crippen LogP contribution in [0.15, 0.2) is 4.99 Å². The lowest BCUT2D eigenvalue weighted by atomic mass is 10.0. The maximum atomic E-state index is 4.22. The second-order valence-electron chi connectivity index (χ2n) is 4.46. The second-order valence-corrected chi connectivity index (χ2v) is 4.46. The van der Waals surface area contributed by atoms with E-state index in [0.717, 1.165) is 30.9 Å². The number of hydrogen-bond donors (Lipinski definition) is 2. The Bertz CT molecular complexity index is 193. The van der Waals surface area contributed by atoms with Gasteiger partial charge in [0.25, 0.3) is 0 Å². The molecule has 3 heteroatoms. The van der Waals surface area contributed by atoms with Crippen molar-refractivity contribution in [3.05, 3.63) is 0 Å². The lowest BCUT2D eigenvalue weighted by molar-refractivity contribution is 0.481. The van der Waals surface area contributed by atoms with E-state index < -0.39 is 0 Å². The molecule has 0 aliphatic heterocycles. The number of guanidine groups is 1. The summed E-state index contributed by atoms with van der Waals surface area (Å²) in [4.78, 5) is 4.22. The van der Waals surface area contributed by atoms with Crippen LogP contribution in [0.5, 0.6) is 0 Å². The zero-order valence-corrected chi connectivity index (χ0v) is 10.3. The van der Waals surface area contributed by atoms with Crippen molar-refractivity contribution in [1.82, 2.24) is 10.6 Å². The molecule has 0 aromatic carbocycles. The van der Waals surface area contributed by atoms with Gasteiger partial charge in [-0.1, -0.05) is 26.7 Å². The van der Waals surface area contributed by atoms with Gasteiger partial charge in [0.2, 0.25) is 0 Å². The molecule has 0 aromatic heterocycles. The van der Waals surface area contributed by atoms with Gasteiger partial charge in [-0.15, -0.1) is 0 Å². The normalized spacial score (nSPS) is 16.9. The third kappa shape index (κ3) is 5.05. The van der Waals surface area contributed by atoms with E-state index in [1.54, 1.807) is 0 Å². The van der Waals surface area contributed by atoms with Crippen LogP contribution >= 0.6 is 0 Å². The highest BCUT2D eigenvalue weighted by molar-refractivity contribution is 5.79. The molecular weight excluding hydrogens is 186 g/mol. The molecule has 0 amide bonds. The van der Waals surface area contributed by atoms with Crippen LogP contribution in [0.2, 0.25) is 0 Å². The number of rotatable bonds is 6. The van der Waals surface area contributed by atoms with E-state index in [-0.39, 0.29) is 0 Å². The Morgan fingerprint density at radius 2 is 1.93 bits per heavy atom. The molecule has 0 unspecified atom stereocenters. The molecule has 1 aliphatic rings. The molecule has 1 fully saturated rings. The van der Waals surface area contributed by atoms with E-state index in [2.05, 4.69) is 29.5 Å². The van der Waals surface area contributed by atoms with E-state index in [4.69, 9.17) is 0 Å². The van der Waals surface area contributed by atoms with Gasteiger partial charge in [-0.25, -0.2) is 0 Å². The monoisotopic (exact) mass is 211 g/mol. The molecule has 0 aromatic rings. The van der Waals surface area contributed by atoms with Gasteiger partial charge in [-0.3, -0.25) is 4.99 Å². The van der Waals surface area contributed by atoms with Gasteiger partial charge in [-0.2, -0.15) is 0 Å². The zero-order valence-electron chi connectivity index (χ0n) is 10.3. The first kappa shape index (κ1) is 12.3. The Balaban J connectivity index is 2.14. The molecule has 1 aliphatic carbocycles. The van der Waals surface area contributed by atoms with Crippen molar-refractivity contribution in [2.45, 2.75) is 39.5 Å². The first-order valence-electron chi connectivity index (χ1n) is 6.24. The molecule has 0 heterocycles. The third-order valence-corrected chi connectivity index (χ3v) is 3.19. The fourth-order valence-electron chi connectivity index (χ4n) is 1.60. The van der Waals surface area contributed by atoms with Crippen molar-refractivity contribution in [2.24, 2.45) is 16.8 Å². The topological polar surface area (TPSA) is 36.4 Å². The average molecular weight is 211 g/mol. The Morgan fingerprint density at radius 1 is 1.27 bits per heavy atom. The summed E-state index contributed by atoms with van der Waals surface area (Å²) in [5.74, 6) is 2.63. The molecular formula is C12H25N3. The fraction of sp³-hybridized carbons (Fsp3) is 0.917. The van der Waals surface area contributed by atoms with Gasteiger partial charge >= 0.3 is 0 Å². The minimum absolute atomic E-state index is 0.768. The molecule has 0 radical (unpaired) electrons. The first-order chi connectivity index (χ1) is 7.30. The quantitative estimate of drug-likeness (QED) is 0.521. The van der Waals surface area contributed by atoms with Crippen LogP contribution in [0.3, 0.4) is 0 Å². The molecule has 0 spiro atoms. The summed E-state index contributed by atoms with van der Waals surface area (Å²) in [6.45, 7) is 6.62. The number of aliphatic imine (C=N–C) groups is 1. The van der Waals surface area contributed by atoms with Crippen LogP contribution in [0.4, 0.5) is 0 Å². The summed E-state index contributed by atoms with van der Waals surface area (Å²) >= 11 is 0. The summed E-state index contributed by atoms with van der Waals surface area (Å²) in [6.07, 6.45) is 5.25. The number of nitrogens with one attached hydrogen (secondary N) is 2. The fourth-order valence-corrected chi connectivity index (χ4v) is 1.60. The van der Waals surface area contributed by atoms with Crippen molar-refractivity contribution >= 4 is 5.96 Å². The molecule has 15 heavy (non-hydrogen) atoms. The van der Waals surface area contributed by atoms with Gasteiger partial charge in [0.05, 0.1) is 0 Å². The highest BCUT2D eigenvalue weighted by Crippen LogP contribution is 2.27. The summed E-state index contributed by atoms with van der Waals surface area (Å²) in [5.41, 5.74) is 0. The van der Waals surface area contributed by atoms with Crippen LogP contribution < -0.4 is 10.6 Å². The third-order valence-electron chi connectivity index (χ3n) is 3.19. The Kier molecular flexibility index (Phi) is 5.51. The van der Waals surface area contributed by atoms with Crippen LogP contribution in [-0.2, 0) is 0 Å². The van der Waals surface area contributed by atoms with Gasteiger partial charge < -0.3 is 10.6 Å². The summed E-state index contributed by atoms with van der Waals surface area (Å²) in [7, 11) is 1.84. The number of hydrogen-bond acceptors (Lipinski definition) is 1. The Labute approximate surface area is 93.7 Å². The highest BCUT2D eigenvalue weighted by Gasteiger charge is 2.21. The van der Waals surface area contributed by atoms with E-state index in [0.29, 0.717) is 0 Å². The van der Waals surface area contributed by atoms with Crippen molar-refractivity contribution < 1.29 is 0 Å². The summed E-state index contributed by atoms with van der Waals surface area (Å²) in [5, 5.41) is 6.77. The average Bonchev–Trinajstić information content (AvgIpc) is 3.07. The second kappa shape index (κ2) is 6.70. The van der Waals surface area contributed by atoms with Crippen molar-refractivity contribution in [2.75, 3.05) is 20.1 Å². The Morgan fingerprint density at radius 3 is 2.40 bits per heavy atom. The highest BCUT2D eigenvalue weighted by atomic mass is 15.2. The maximum absolute atomic E-state index is 4.22. The van der Waals surface area contributed by atoms with Crippen LogP contribution in [-0.4, -0.2) is 26.1 Å². The molecule has 88 valence electrons. The zero-order chi connectivity index (χ0) is 11.1. The van der Waals surface area contributed by atoms with E-state index in [1.807, 2.05) is 7.05 Å². The van der Waals surface area contributed by atoms with Gasteiger partial charge in [-0.05, 0) is 24.7 Å². The first-order valence-corrected chi connectivity index (χ1v) is 6.24. The molecule has 0 bridgehead atoms. The smallest absolute Gasteiger partial charge is 0.190 e. The predicted molar refractivity (Wildman–Crippen MR) is 66.2 cm³/mol. The van der Waals surface area contributed by atoms with Crippen molar-refractivity contribution in [1.29, 1.82) is 0 Å². The molecule has 3 nitrogen and oxygen atoms in total. The SMILES string of the molecule is CCC(CC)CNC(=NC)NCC1CC1. The minimum atomic E-state index is 0.768. The molecule has 1 saturated carbocycles. The standard InChI is InChI=1S/C12H25N3/c1-4-10(5-2)8-14-12(13-3)15-9-11-6-7-11/h10-11H,4-9H2,1-3H3,(H2,13,14,15). The molecule has 1 rings (SSSR count). The van der Waals surface area contributed by atoms with Crippen LogP contribution in [0.25, 0.3) is 0 Å². The molecule has 2 N–H and O–H groups in total. The minimum Gasteiger partial charge on any atom is -0.356 e. The maximum Gasteiger partial charge on any atom is 0.190 e. The van der Waals surface area contributed by atoms with Crippen LogP contribution in [0.1, 0.15) is 39.5 Å². The van der Waals surface area contributed by atoms with E-state index in [9.17, 15) is 0 Å². The largest absolute Gasteiger partial charge is 0.356 e. The molecule has 0 atom stereocenters. The predicted octanol–water partition coefficient (Wildman–Crippen LogP) is 2.00. The van der Waals surface area contributed by atoms with Crippen LogP contribution in [0, 0.1) is 11.8 Å².